The Hall–Kier alpha value is -2.15. The second kappa shape index (κ2) is 7.61. The van der Waals surface area contributed by atoms with Gasteiger partial charge in [0.2, 0.25) is 0 Å². The van der Waals surface area contributed by atoms with E-state index in [4.69, 9.17) is 4.74 Å². The topological polar surface area (TPSA) is 99.7 Å². The number of carbonyl (C=O) groups excluding carboxylic acids is 1. The third-order valence-electron chi connectivity index (χ3n) is 5.70. The van der Waals surface area contributed by atoms with Gasteiger partial charge in [-0.25, -0.2) is 0 Å². The summed E-state index contributed by atoms with van der Waals surface area (Å²) in [5.74, 6) is -1.29. The molecule has 1 aromatic heterocycles. The minimum atomic E-state index is -0.996. The standard InChI is InChI=1S/C19H26N2O5/c1-26-10-8-19(18(24)25)7-9-21(12-19)17(23)14-11-13-5-3-2-4-6-15(13)20-16(14)22/h11H,2-10,12H2,1H3,(H,20,22)(H,24,25). The molecule has 26 heavy (non-hydrogen) atoms. The van der Waals surface area contributed by atoms with Crippen LogP contribution in [0.1, 0.15) is 53.7 Å². The lowest BCUT2D eigenvalue weighted by molar-refractivity contribution is -0.149. The van der Waals surface area contributed by atoms with Crippen LogP contribution in [0.15, 0.2) is 10.9 Å². The molecule has 142 valence electrons. The fraction of sp³-hybridized carbons (Fsp3) is 0.632. The van der Waals surface area contributed by atoms with E-state index in [1.807, 2.05) is 0 Å². The fourth-order valence-electron chi connectivity index (χ4n) is 4.01. The minimum absolute atomic E-state index is 0.112. The number of carboxylic acids is 1. The molecule has 0 saturated carbocycles. The van der Waals surface area contributed by atoms with Crippen LogP contribution in [0.5, 0.6) is 0 Å². The quantitative estimate of drug-likeness (QED) is 0.775. The Morgan fingerprint density at radius 2 is 2.08 bits per heavy atom. The summed E-state index contributed by atoms with van der Waals surface area (Å²) in [6.45, 7) is 0.778. The molecule has 0 spiro atoms. The van der Waals surface area contributed by atoms with E-state index in [-0.39, 0.29) is 23.6 Å². The molecule has 1 atom stereocenters. The number of hydrogen-bond donors (Lipinski definition) is 2. The van der Waals surface area contributed by atoms with Crippen LogP contribution in [0.25, 0.3) is 0 Å². The van der Waals surface area contributed by atoms with Gasteiger partial charge in [0.1, 0.15) is 5.56 Å². The number of amides is 1. The number of rotatable bonds is 5. The first-order valence-electron chi connectivity index (χ1n) is 9.23. The van der Waals surface area contributed by atoms with E-state index in [9.17, 15) is 19.5 Å². The zero-order valence-electron chi connectivity index (χ0n) is 15.2. The van der Waals surface area contributed by atoms with Crippen LogP contribution in [0.2, 0.25) is 0 Å². The first kappa shape index (κ1) is 18.6. The highest BCUT2D eigenvalue weighted by Crippen LogP contribution is 2.35. The van der Waals surface area contributed by atoms with E-state index in [1.165, 1.54) is 12.0 Å². The highest BCUT2D eigenvalue weighted by Gasteiger charge is 2.46. The zero-order chi connectivity index (χ0) is 18.7. The van der Waals surface area contributed by atoms with Gasteiger partial charge >= 0.3 is 5.97 Å². The molecule has 1 fully saturated rings. The molecule has 1 saturated heterocycles. The van der Waals surface area contributed by atoms with Gasteiger partial charge in [-0.15, -0.1) is 0 Å². The van der Waals surface area contributed by atoms with Gasteiger partial charge < -0.3 is 19.7 Å². The number of nitrogens with one attached hydrogen (secondary N) is 1. The number of aromatic nitrogens is 1. The number of hydrogen-bond acceptors (Lipinski definition) is 4. The van der Waals surface area contributed by atoms with Crippen LogP contribution >= 0.6 is 0 Å². The van der Waals surface area contributed by atoms with E-state index in [1.54, 1.807) is 6.07 Å². The van der Waals surface area contributed by atoms with E-state index >= 15 is 0 Å². The van der Waals surface area contributed by atoms with Crippen molar-refractivity contribution in [2.45, 2.75) is 44.9 Å². The SMILES string of the molecule is COCCC1(C(=O)O)CCN(C(=O)c2cc3c([nH]c2=O)CCCCC3)C1. The molecule has 1 amide bonds. The van der Waals surface area contributed by atoms with Crippen LogP contribution < -0.4 is 5.56 Å². The van der Waals surface area contributed by atoms with Crippen LogP contribution in [0.4, 0.5) is 0 Å². The maximum absolute atomic E-state index is 12.9. The summed E-state index contributed by atoms with van der Waals surface area (Å²) in [6, 6.07) is 1.72. The minimum Gasteiger partial charge on any atom is -0.481 e. The van der Waals surface area contributed by atoms with Gasteiger partial charge in [-0.1, -0.05) is 6.42 Å². The molecule has 0 radical (unpaired) electrons. The number of aryl methyl sites for hydroxylation is 2. The van der Waals surface area contributed by atoms with Crippen molar-refractivity contribution in [3.05, 3.63) is 33.2 Å². The molecule has 1 aliphatic heterocycles. The average molecular weight is 362 g/mol. The van der Waals surface area contributed by atoms with Gasteiger partial charge in [0, 0.05) is 32.5 Å². The van der Waals surface area contributed by atoms with Crippen LogP contribution in [0, 0.1) is 5.41 Å². The summed E-state index contributed by atoms with van der Waals surface area (Å²) in [7, 11) is 1.53. The number of aromatic amines is 1. The van der Waals surface area contributed by atoms with Gasteiger partial charge in [0.05, 0.1) is 5.41 Å². The molecule has 0 aromatic carbocycles. The lowest BCUT2D eigenvalue weighted by atomic mass is 9.84. The summed E-state index contributed by atoms with van der Waals surface area (Å²) >= 11 is 0. The Balaban J connectivity index is 1.83. The molecular formula is C19H26N2O5. The number of likely N-dealkylation sites (tertiary alicyclic amines) is 1. The van der Waals surface area contributed by atoms with Crippen molar-refractivity contribution in [1.29, 1.82) is 0 Å². The lowest BCUT2D eigenvalue weighted by Crippen LogP contribution is -2.39. The van der Waals surface area contributed by atoms with E-state index < -0.39 is 11.4 Å². The third kappa shape index (κ3) is 3.53. The number of H-pyrrole nitrogens is 1. The van der Waals surface area contributed by atoms with Crippen molar-refractivity contribution >= 4 is 11.9 Å². The van der Waals surface area contributed by atoms with Gasteiger partial charge in [-0.2, -0.15) is 0 Å². The number of carboxylic acid groups (broad SMARTS) is 1. The fourth-order valence-corrected chi connectivity index (χ4v) is 4.01. The Morgan fingerprint density at radius 3 is 2.81 bits per heavy atom. The first-order valence-corrected chi connectivity index (χ1v) is 9.23. The number of methoxy groups -OCH3 is 1. The molecule has 3 rings (SSSR count). The first-order chi connectivity index (χ1) is 12.5. The maximum Gasteiger partial charge on any atom is 0.311 e. The lowest BCUT2D eigenvalue weighted by Gasteiger charge is -2.24. The van der Waals surface area contributed by atoms with Crippen LogP contribution in [-0.4, -0.2) is 53.7 Å². The van der Waals surface area contributed by atoms with Gasteiger partial charge in [-0.05, 0) is 50.2 Å². The second-order valence-corrected chi connectivity index (χ2v) is 7.38. The number of nitrogens with zero attached hydrogens (tertiary/aromatic N) is 1. The summed E-state index contributed by atoms with van der Waals surface area (Å²) < 4.78 is 5.03. The normalized spacial score (nSPS) is 22.7. The van der Waals surface area contributed by atoms with Crippen molar-refractivity contribution in [3.63, 3.8) is 0 Å². The van der Waals surface area contributed by atoms with Crippen LogP contribution in [0.3, 0.4) is 0 Å². The largest absolute Gasteiger partial charge is 0.481 e. The number of ether oxygens (including phenoxy) is 1. The smallest absolute Gasteiger partial charge is 0.311 e. The van der Waals surface area contributed by atoms with Gasteiger partial charge in [0.25, 0.3) is 11.5 Å². The number of pyridine rings is 1. The maximum atomic E-state index is 12.9. The van der Waals surface area contributed by atoms with Crippen molar-refractivity contribution in [3.8, 4) is 0 Å². The van der Waals surface area contributed by atoms with Crippen molar-refractivity contribution in [2.24, 2.45) is 5.41 Å². The summed E-state index contributed by atoms with van der Waals surface area (Å²) in [5.41, 5.74) is 0.724. The second-order valence-electron chi connectivity index (χ2n) is 7.38. The van der Waals surface area contributed by atoms with Crippen molar-refractivity contribution in [2.75, 3.05) is 26.8 Å². The predicted octanol–water partition coefficient (Wildman–Crippen LogP) is 1.60. The molecule has 0 bridgehead atoms. The molecule has 2 N–H and O–H groups in total. The molecule has 2 heterocycles. The molecular weight excluding hydrogens is 336 g/mol. The van der Waals surface area contributed by atoms with Crippen molar-refractivity contribution < 1.29 is 19.4 Å². The molecule has 2 aliphatic rings. The van der Waals surface area contributed by atoms with Crippen LogP contribution in [-0.2, 0) is 22.4 Å². The average Bonchev–Trinajstić information content (AvgIpc) is 2.94. The number of carbonyl (C=O) groups is 2. The summed E-state index contributed by atoms with van der Waals surface area (Å²) in [6.07, 6.45) is 5.63. The molecule has 1 aromatic rings. The van der Waals surface area contributed by atoms with E-state index in [0.29, 0.717) is 26.0 Å². The third-order valence-corrected chi connectivity index (χ3v) is 5.70. The highest BCUT2D eigenvalue weighted by molar-refractivity contribution is 5.95. The highest BCUT2D eigenvalue weighted by atomic mass is 16.5. The molecule has 7 heteroatoms. The number of aliphatic carboxylic acids is 1. The Kier molecular flexibility index (Phi) is 5.46. The van der Waals surface area contributed by atoms with E-state index in [2.05, 4.69) is 4.98 Å². The Bertz CT molecular complexity index is 757. The van der Waals surface area contributed by atoms with Gasteiger partial charge in [0.15, 0.2) is 0 Å². The Morgan fingerprint density at radius 1 is 1.31 bits per heavy atom. The monoisotopic (exact) mass is 362 g/mol. The predicted molar refractivity (Wildman–Crippen MR) is 95.4 cm³/mol. The molecule has 7 nitrogen and oxygen atoms in total. The zero-order valence-corrected chi connectivity index (χ0v) is 15.2. The molecule has 1 unspecified atom stereocenters. The van der Waals surface area contributed by atoms with Gasteiger partial charge in [-0.3, -0.25) is 14.4 Å². The summed E-state index contributed by atoms with van der Waals surface area (Å²) in [4.78, 5) is 41.5. The Labute approximate surface area is 152 Å². The van der Waals surface area contributed by atoms with E-state index in [0.717, 1.165) is 43.4 Å². The summed E-state index contributed by atoms with van der Waals surface area (Å²) in [5, 5.41) is 9.64. The van der Waals surface area contributed by atoms with Crippen molar-refractivity contribution in [1.82, 2.24) is 9.88 Å². The number of fused-ring (bicyclic) bond motifs is 1. The molecule has 1 aliphatic carbocycles.